The largest absolute Gasteiger partial charge is 0.296 e. The molecule has 0 radical (unpaired) electrons. The second-order valence-corrected chi connectivity index (χ2v) is 5.81. The maximum Gasteiger partial charge on any atom is 0.130 e. The Hall–Kier alpha value is -0.310. The van der Waals surface area contributed by atoms with Crippen molar-refractivity contribution in [2.75, 3.05) is 6.54 Å². The second-order valence-electron chi connectivity index (χ2n) is 5.02. The second kappa shape index (κ2) is 6.58. The molecule has 0 aliphatic carbocycles. The van der Waals surface area contributed by atoms with E-state index in [9.17, 15) is 0 Å². The van der Waals surface area contributed by atoms with E-state index < -0.39 is 0 Å². The molecule has 0 bridgehead atoms. The van der Waals surface area contributed by atoms with Crippen LogP contribution in [0.2, 0.25) is 10.2 Å². The molecule has 1 rings (SSSR count). The van der Waals surface area contributed by atoms with Gasteiger partial charge in [-0.05, 0) is 25.8 Å². The molecule has 0 unspecified atom stereocenters. The van der Waals surface area contributed by atoms with Gasteiger partial charge in [0.2, 0.25) is 0 Å². The van der Waals surface area contributed by atoms with Crippen LogP contribution in [0.3, 0.4) is 0 Å². The quantitative estimate of drug-likeness (QED) is 0.746. The molecule has 0 atom stereocenters. The van der Waals surface area contributed by atoms with E-state index in [0.29, 0.717) is 22.1 Å². The van der Waals surface area contributed by atoms with Crippen molar-refractivity contribution in [2.45, 2.75) is 40.3 Å². The summed E-state index contributed by atoms with van der Waals surface area (Å²) >= 11 is 12.0. The van der Waals surface area contributed by atoms with Gasteiger partial charge in [-0.2, -0.15) is 0 Å². The number of aromatic nitrogens is 1. The van der Waals surface area contributed by atoms with Crippen LogP contribution in [0.15, 0.2) is 12.3 Å². The van der Waals surface area contributed by atoms with Crippen molar-refractivity contribution in [3.8, 4) is 0 Å². The third-order valence-corrected chi connectivity index (χ3v) is 3.16. The van der Waals surface area contributed by atoms with Crippen molar-refractivity contribution < 1.29 is 0 Å². The molecule has 0 aromatic carbocycles. The van der Waals surface area contributed by atoms with E-state index in [2.05, 4.69) is 37.6 Å². The molecule has 1 aromatic rings. The van der Waals surface area contributed by atoms with Crippen molar-refractivity contribution >= 4 is 23.2 Å². The van der Waals surface area contributed by atoms with E-state index in [4.69, 9.17) is 23.2 Å². The SMILES string of the molecule is CC(C)CN(Cc1cnc(Cl)cc1Cl)C(C)C. The molecule has 0 spiro atoms. The molecule has 0 aliphatic heterocycles. The first kappa shape index (κ1) is 14.7. The lowest BCUT2D eigenvalue weighted by atomic mass is 10.1. The minimum atomic E-state index is 0.443. The third kappa shape index (κ3) is 4.82. The van der Waals surface area contributed by atoms with Gasteiger partial charge in [-0.1, -0.05) is 37.0 Å². The van der Waals surface area contributed by atoms with E-state index >= 15 is 0 Å². The van der Waals surface area contributed by atoms with Gasteiger partial charge in [0.25, 0.3) is 0 Å². The summed E-state index contributed by atoms with van der Waals surface area (Å²) < 4.78 is 0. The summed E-state index contributed by atoms with van der Waals surface area (Å²) in [6.07, 6.45) is 1.76. The third-order valence-electron chi connectivity index (χ3n) is 2.60. The number of pyridine rings is 1. The fraction of sp³-hybridized carbons (Fsp3) is 0.615. The number of halogens is 2. The van der Waals surface area contributed by atoms with Crippen LogP contribution in [0, 0.1) is 5.92 Å². The van der Waals surface area contributed by atoms with Crippen LogP contribution in [0.25, 0.3) is 0 Å². The highest BCUT2D eigenvalue weighted by Gasteiger charge is 2.13. The molecule has 4 heteroatoms. The molecule has 2 nitrogen and oxygen atoms in total. The molecular formula is C13H20Cl2N2. The van der Waals surface area contributed by atoms with Gasteiger partial charge in [-0.15, -0.1) is 0 Å². The van der Waals surface area contributed by atoms with Crippen molar-refractivity contribution in [2.24, 2.45) is 5.92 Å². The Morgan fingerprint density at radius 1 is 1.24 bits per heavy atom. The molecule has 0 saturated carbocycles. The Balaban J connectivity index is 2.78. The van der Waals surface area contributed by atoms with Crippen LogP contribution in [0.4, 0.5) is 0 Å². The smallest absolute Gasteiger partial charge is 0.130 e. The zero-order valence-corrected chi connectivity index (χ0v) is 12.4. The zero-order chi connectivity index (χ0) is 13.0. The molecule has 0 saturated heterocycles. The minimum absolute atomic E-state index is 0.443. The molecule has 1 aromatic heterocycles. The first-order valence-corrected chi connectivity index (χ1v) is 6.69. The number of hydrogen-bond donors (Lipinski definition) is 0. The minimum Gasteiger partial charge on any atom is -0.296 e. The highest BCUT2D eigenvalue weighted by molar-refractivity contribution is 6.34. The van der Waals surface area contributed by atoms with Crippen LogP contribution >= 0.6 is 23.2 Å². The lowest BCUT2D eigenvalue weighted by Crippen LogP contribution is -2.33. The maximum absolute atomic E-state index is 6.16. The van der Waals surface area contributed by atoms with Crippen molar-refractivity contribution in [1.29, 1.82) is 0 Å². The van der Waals surface area contributed by atoms with Crippen LogP contribution < -0.4 is 0 Å². The number of rotatable bonds is 5. The average Bonchev–Trinajstić information content (AvgIpc) is 2.19. The molecule has 0 aliphatic rings. The van der Waals surface area contributed by atoms with Crippen molar-refractivity contribution in [3.63, 3.8) is 0 Å². The normalized spacial score (nSPS) is 11.8. The average molecular weight is 275 g/mol. The van der Waals surface area contributed by atoms with E-state index in [0.717, 1.165) is 18.7 Å². The fourth-order valence-corrected chi connectivity index (χ4v) is 2.12. The summed E-state index contributed by atoms with van der Waals surface area (Å²) in [5.41, 5.74) is 1.03. The Kier molecular flexibility index (Phi) is 5.71. The van der Waals surface area contributed by atoms with Gasteiger partial charge in [-0.3, -0.25) is 4.90 Å². The van der Waals surface area contributed by atoms with Gasteiger partial charge in [0.1, 0.15) is 5.15 Å². The van der Waals surface area contributed by atoms with E-state index in [-0.39, 0.29) is 0 Å². The zero-order valence-electron chi connectivity index (χ0n) is 10.9. The molecule has 0 fully saturated rings. The highest BCUT2D eigenvalue weighted by atomic mass is 35.5. The van der Waals surface area contributed by atoms with Gasteiger partial charge in [0.05, 0.1) is 0 Å². The highest BCUT2D eigenvalue weighted by Crippen LogP contribution is 2.21. The van der Waals surface area contributed by atoms with Crippen LogP contribution in [0.5, 0.6) is 0 Å². The first-order chi connectivity index (χ1) is 7.90. The predicted octanol–water partition coefficient (Wildman–Crippen LogP) is 4.25. The first-order valence-electron chi connectivity index (χ1n) is 5.94. The van der Waals surface area contributed by atoms with Crippen LogP contribution in [-0.2, 0) is 6.54 Å². The number of hydrogen-bond acceptors (Lipinski definition) is 2. The summed E-state index contributed by atoms with van der Waals surface area (Å²) in [5.74, 6) is 0.636. The predicted molar refractivity (Wildman–Crippen MR) is 74.6 cm³/mol. The van der Waals surface area contributed by atoms with Gasteiger partial charge >= 0.3 is 0 Å². The number of nitrogens with zero attached hydrogens (tertiary/aromatic N) is 2. The van der Waals surface area contributed by atoms with Gasteiger partial charge in [-0.25, -0.2) is 4.98 Å². The van der Waals surface area contributed by atoms with Gasteiger partial charge in [0.15, 0.2) is 0 Å². The summed E-state index contributed by atoms with van der Waals surface area (Å²) in [7, 11) is 0. The Labute approximate surface area is 114 Å². The van der Waals surface area contributed by atoms with Crippen LogP contribution in [-0.4, -0.2) is 22.5 Å². The Morgan fingerprint density at radius 3 is 2.35 bits per heavy atom. The Morgan fingerprint density at radius 2 is 1.88 bits per heavy atom. The summed E-state index contributed by atoms with van der Waals surface area (Å²) in [4.78, 5) is 6.48. The molecular weight excluding hydrogens is 255 g/mol. The van der Waals surface area contributed by atoms with Crippen LogP contribution in [0.1, 0.15) is 33.3 Å². The molecule has 17 heavy (non-hydrogen) atoms. The lowest BCUT2D eigenvalue weighted by Gasteiger charge is -2.28. The molecule has 1 heterocycles. The van der Waals surface area contributed by atoms with Crippen molar-refractivity contribution in [1.82, 2.24) is 9.88 Å². The van der Waals surface area contributed by atoms with E-state index in [1.807, 2.05) is 0 Å². The summed E-state index contributed by atoms with van der Waals surface area (Å²) in [5, 5.41) is 1.14. The van der Waals surface area contributed by atoms with E-state index in [1.165, 1.54) is 0 Å². The topological polar surface area (TPSA) is 16.1 Å². The maximum atomic E-state index is 6.16. The van der Waals surface area contributed by atoms with E-state index in [1.54, 1.807) is 12.3 Å². The monoisotopic (exact) mass is 274 g/mol. The fourth-order valence-electron chi connectivity index (χ4n) is 1.70. The Bertz CT molecular complexity index is 364. The summed E-state index contributed by atoms with van der Waals surface area (Å²) in [6.45, 7) is 10.7. The lowest BCUT2D eigenvalue weighted by molar-refractivity contribution is 0.189. The molecule has 0 amide bonds. The summed E-state index contributed by atoms with van der Waals surface area (Å²) in [6, 6.07) is 2.19. The van der Waals surface area contributed by atoms with Gasteiger partial charge < -0.3 is 0 Å². The molecule has 96 valence electrons. The molecule has 0 N–H and O–H groups in total. The van der Waals surface area contributed by atoms with Gasteiger partial charge in [0, 0.05) is 35.9 Å². The standard InChI is InChI=1S/C13H20Cl2N2/c1-9(2)7-17(10(3)4)8-11-6-16-13(15)5-12(11)14/h5-6,9-10H,7-8H2,1-4H3. The van der Waals surface area contributed by atoms with Crippen molar-refractivity contribution in [3.05, 3.63) is 28.0 Å².